The average Bonchev–Trinajstić information content (AvgIpc) is 2.04. The number of ether oxygens (including phenoxy) is 1. The molecule has 0 amide bonds. The number of hydrogen-bond acceptors (Lipinski definition) is 2. The maximum absolute atomic E-state index is 5.70. The van der Waals surface area contributed by atoms with Gasteiger partial charge in [0.05, 0.1) is 0 Å². The van der Waals surface area contributed by atoms with Gasteiger partial charge in [0, 0.05) is 17.6 Å². The standard InChI is InChI=1S/C10H12BrNO/c1-7-4-8(2-3-10(7)11)13-9-5-12-6-9/h2-4,9,12H,5-6H2,1H3. The molecule has 1 aliphatic rings. The summed E-state index contributed by atoms with van der Waals surface area (Å²) in [5, 5.41) is 3.17. The first-order chi connectivity index (χ1) is 6.25. The van der Waals surface area contributed by atoms with E-state index in [1.54, 1.807) is 0 Å². The second kappa shape index (κ2) is 3.68. The highest BCUT2D eigenvalue weighted by atomic mass is 79.9. The highest BCUT2D eigenvalue weighted by Gasteiger charge is 2.18. The minimum atomic E-state index is 0.362. The zero-order valence-corrected chi connectivity index (χ0v) is 9.10. The minimum Gasteiger partial charge on any atom is -0.488 e. The first-order valence-corrected chi connectivity index (χ1v) is 5.18. The van der Waals surface area contributed by atoms with Crippen molar-refractivity contribution >= 4 is 15.9 Å². The molecule has 1 aliphatic heterocycles. The number of halogens is 1. The lowest BCUT2D eigenvalue weighted by Gasteiger charge is -2.27. The van der Waals surface area contributed by atoms with Crippen LogP contribution in [0.25, 0.3) is 0 Å². The molecular weight excluding hydrogens is 230 g/mol. The Kier molecular flexibility index (Phi) is 2.56. The SMILES string of the molecule is Cc1cc(OC2CNC2)ccc1Br. The molecule has 1 N–H and O–H groups in total. The zero-order chi connectivity index (χ0) is 9.26. The minimum absolute atomic E-state index is 0.362. The van der Waals surface area contributed by atoms with E-state index in [1.165, 1.54) is 5.56 Å². The lowest BCUT2D eigenvalue weighted by molar-refractivity contribution is 0.142. The summed E-state index contributed by atoms with van der Waals surface area (Å²) in [5.41, 5.74) is 1.21. The van der Waals surface area contributed by atoms with E-state index in [9.17, 15) is 0 Å². The number of nitrogens with one attached hydrogen (secondary N) is 1. The first-order valence-electron chi connectivity index (χ1n) is 4.39. The zero-order valence-electron chi connectivity index (χ0n) is 7.51. The van der Waals surface area contributed by atoms with Crippen molar-refractivity contribution in [3.05, 3.63) is 28.2 Å². The van der Waals surface area contributed by atoms with Gasteiger partial charge in [-0.3, -0.25) is 0 Å². The highest BCUT2D eigenvalue weighted by molar-refractivity contribution is 9.10. The molecule has 2 rings (SSSR count). The molecule has 1 aromatic rings. The molecule has 0 radical (unpaired) electrons. The van der Waals surface area contributed by atoms with E-state index in [1.807, 2.05) is 12.1 Å². The predicted molar refractivity (Wildman–Crippen MR) is 56.2 cm³/mol. The van der Waals surface area contributed by atoms with Crippen LogP contribution in [-0.4, -0.2) is 19.2 Å². The summed E-state index contributed by atoms with van der Waals surface area (Å²) >= 11 is 3.46. The summed E-state index contributed by atoms with van der Waals surface area (Å²) in [4.78, 5) is 0. The topological polar surface area (TPSA) is 21.3 Å². The van der Waals surface area contributed by atoms with E-state index in [0.717, 1.165) is 23.3 Å². The van der Waals surface area contributed by atoms with Crippen LogP contribution in [0.15, 0.2) is 22.7 Å². The Bertz CT molecular complexity index is 310. The molecular formula is C10H12BrNO. The molecule has 13 heavy (non-hydrogen) atoms. The maximum Gasteiger partial charge on any atom is 0.123 e. The first kappa shape index (κ1) is 9.03. The Labute approximate surface area is 86.4 Å². The lowest BCUT2D eigenvalue weighted by atomic mass is 10.2. The third-order valence-corrected chi connectivity index (χ3v) is 3.07. The summed E-state index contributed by atoms with van der Waals surface area (Å²) in [6.07, 6.45) is 0.362. The molecule has 1 aromatic carbocycles. The van der Waals surface area contributed by atoms with E-state index >= 15 is 0 Å². The predicted octanol–water partition coefficient (Wildman–Crippen LogP) is 2.11. The Morgan fingerprint density at radius 3 is 2.77 bits per heavy atom. The van der Waals surface area contributed by atoms with E-state index in [0.29, 0.717) is 6.10 Å². The van der Waals surface area contributed by atoms with Crippen LogP contribution in [0.1, 0.15) is 5.56 Å². The fraction of sp³-hybridized carbons (Fsp3) is 0.400. The van der Waals surface area contributed by atoms with Gasteiger partial charge >= 0.3 is 0 Å². The third-order valence-electron chi connectivity index (χ3n) is 2.18. The van der Waals surface area contributed by atoms with Gasteiger partial charge < -0.3 is 10.1 Å². The molecule has 1 fully saturated rings. The molecule has 3 heteroatoms. The van der Waals surface area contributed by atoms with Gasteiger partial charge in [0.2, 0.25) is 0 Å². The van der Waals surface area contributed by atoms with Gasteiger partial charge in [-0.25, -0.2) is 0 Å². The van der Waals surface area contributed by atoms with Crippen molar-refractivity contribution in [2.45, 2.75) is 13.0 Å². The number of benzene rings is 1. The normalized spacial score (nSPS) is 16.8. The smallest absolute Gasteiger partial charge is 0.123 e. The number of rotatable bonds is 2. The van der Waals surface area contributed by atoms with E-state index in [4.69, 9.17) is 4.74 Å². The fourth-order valence-electron chi connectivity index (χ4n) is 1.23. The molecule has 1 heterocycles. The largest absolute Gasteiger partial charge is 0.488 e. The van der Waals surface area contributed by atoms with Crippen LogP contribution in [0, 0.1) is 6.92 Å². The third kappa shape index (κ3) is 2.03. The Hall–Kier alpha value is -0.540. The molecule has 0 atom stereocenters. The Balaban J connectivity index is 2.07. The van der Waals surface area contributed by atoms with Crippen LogP contribution in [0.5, 0.6) is 5.75 Å². The average molecular weight is 242 g/mol. The molecule has 1 saturated heterocycles. The van der Waals surface area contributed by atoms with Crippen LogP contribution in [-0.2, 0) is 0 Å². The van der Waals surface area contributed by atoms with Gasteiger partial charge in [-0.15, -0.1) is 0 Å². The summed E-state index contributed by atoms with van der Waals surface area (Å²) in [7, 11) is 0. The molecule has 0 unspecified atom stereocenters. The second-order valence-electron chi connectivity index (χ2n) is 3.31. The van der Waals surface area contributed by atoms with Gasteiger partial charge in [0.25, 0.3) is 0 Å². The van der Waals surface area contributed by atoms with Gasteiger partial charge in [-0.1, -0.05) is 15.9 Å². The molecule has 0 saturated carbocycles. The van der Waals surface area contributed by atoms with Crippen molar-refractivity contribution in [3.63, 3.8) is 0 Å². The van der Waals surface area contributed by atoms with Crippen molar-refractivity contribution in [1.82, 2.24) is 5.32 Å². The van der Waals surface area contributed by atoms with Crippen LogP contribution in [0.3, 0.4) is 0 Å². The molecule has 0 bridgehead atoms. The quantitative estimate of drug-likeness (QED) is 0.857. The summed E-state index contributed by atoms with van der Waals surface area (Å²) in [6.45, 7) is 4.00. The monoisotopic (exact) mass is 241 g/mol. The lowest BCUT2D eigenvalue weighted by Crippen LogP contribution is -2.50. The van der Waals surface area contributed by atoms with Crippen molar-refractivity contribution < 1.29 is 4.74 Å². The fourth-order valence-corrected chi connectivity index (χ4v) is 1.48. The second-order valence-corrected chi connectivity index (χ2v) is 4.16. The van der Waals surface area contributed by atoms with Crippen molar-refractivity contribution in [2.75, 3.05) is 13.1 Å². The van der Waals surface area contributed by atoms with E-state index in [2.05, 4.69) is 34.2 Å². The summed E-state index contributed by atoms with van der Waals surface area (Å²) in [5.74, 6) is 0.965. The van der Waals surface area contributed by atoms with Gasteiger partial charge in [0.1, 0.15) is 11.9 Å². The summed E-state index contributed by atoms with van der Waals surface area (Å²) in [6, 6.07) is 6.08. The van der Waals surface area contributed by atoms with Crippen molar-refractivity contribution in [3.8, 4) is 5.75 Å². The van der Waals surface area contributed by atoms with E-state index in [-0.39, 0.29) is 0 Å². The highest BCUT2D eigenvalue weighted by Crippen LogP contribution is 2.22. The Morgan fingerprint density at radius 1 is 1.46 bits per heavy atom. The van der Waals surface area contributed by atoms with Crippen molar-refractivity contribution in [1.29, 1.82) is 0 Å². The maximum atomic E-state index is 5.70. The van der Waals surface area contributed by atoms with Crippen molar-refractivity contribution in [2.24, 2.45) is 0 Å². The van der Waals surface area contributed by atoms with Crippen LogP contribution < -0.4 is 10.1 Å². The number of hydrogen-bond donors (Lipinski definition) is 1. The summed E-state index contributed by atoms with van der Waals surface area (Å²) < 4.78 is 6.83. The van der Waals surface area contributed by atoms with Crippen LogP contribution >= 0.6 is 15.9 Å². The molecule has 70 valence electrons. The molecule has 2 nitrogen and oxygen atoms in total. The molecule has 0 spiro atoms. The van der Waals surface area contributed by atoms with Gasteiger partial charge in [-0.05, 0) is 30.7 Å². The number of aryl methyl sites for hydroxylation is 1. The Morgan fingerprint density at radius 2 is 2.23 bits per heavy atom. The van der Waals surface area contributed by atoms with Crippen LogP contribution in [0.4, 0.5) is 0 Å². The van der Waals surface area contributed by atoms with E-state index < -0.39 is 0 Å². The molecule has 0 aromatic heterocycles. The van der Waals surface area contributed by atoms with Gasteiger partial charge in [-0.2, -0.15) is 0 Å². The molecule has 0 aliphatic carbocycles. The van der Waals surface area contributed by atoms with Gasteiger partial charge in [0.15, 0.2) is 0 Å². The van der Waals surface area contributed by atoms with Crippen LogP contribution in [0.2, 0.25) is 0 Å².